The zero-order chi connectivity index (χ0) is 18.0. The first-order valence-corrected chi connectivity index (χ1v) is 9.99. The van der Waals surface area contributed by atoms with E-state index in [1.54, 1.807) is 12.1 Å². The predicted octanol–water partition coefficient (Wildman–Crippen LogP) is 2.81. The Kier molecular flexibility index (Phi) is 4.94. The van der Waals surface area contributed by atoms with E-state index in [1.165, 1.54) is 31.2 Å². The lowest BCUT2D eigenvalue weighted by atomic mass is 10.0. The van der Waals surface area contributed by atoms with Crippen LogP contribution in [-0.2, 0) is 10.0 Å². The fourth-order valence-electron chi connectivity index (χ4n) is 3.30. The van der Waals surface area contributed by atoms with Gasteiger partial charge in [-0.25, -0.2) is 17.8 Å². The summed E-state index contributed by atoms with van der Waals surface area (Å²) >= 11 is 0. The van der Waals surface area contributed by atoms with Crippen LogP contribution in [-0.4, -0.2) is 22.9 Å². The molecule has 0 spiro atoms. The van der Waals surface area contributed by atoms with Crippen LogP contribution in [0.2, 0.25) is 0 Å². The summed E-state index contributed by atoms with van der Waals surface area (Å²) in [5.41, 5.74) is 0.0861. The highest BCUT2D eigenvalue weighted by atomic mass is 32.2. The molecule has 0 N–H and O–H groups in total. The first-order chi connectivity index (χ1) is 11.9. The Morgan fingerprint density at radius 3 is 2.40 bits per heavy atom. The molecule has 0 bridgehead atoms. The Balaban J connectivity index is 1.81. The van der Waals surface area contributed by atoms with Gasteiger partial charge < -0.3 is 0 Å². The highest BCUT2D eigenvalue weighted by Crippen LogP contribution is 2.28. The number of aromatic nitrogens is 2. The molecule has 1 aromatic carbocycles. The smallest absolute Gasteiger partial charge is 0.274 e. The van der Waals surface area contributed by atoms with Crippen LogP contribution in [0, 0.1) is 12.8 Å². The molecular weight excluding hydrogens is 340 g/mol. The molecule has 0 unspecified atom stereocenters. The van der Waals surface area contributed by atoms with Crippen LogP contribution in [0.4, 0.5) is 0 Å². The van der Waals surface area contributed by atoms with Gasteiger partial charge >= 0.3 is 5.69 Å². The van der Waals surface area contributed by atoms with Crippen molar-refractivity contribution < 1.29 is 13.2 Å². The van der Waals surface area contributed by atoms with E-state index >= 15 is 0 Å². The highest BCUT2D eigenvalue weighted by molar-refractivity contribution is 7.90. The van der Waals surface area contributed by atoms with Gasteiger partial charge in [0.25, 0.3) is 10.0 Å². The Hall–Kier alpha value is -2.15. The molecule has 7 heteroatoms. The van der Waals surface area contributed by atoms with Crippen molar-refractivity contribution in [1.29, 1.82) is 0 Å². The van der Waals surface area contributed by atoms with Crippen molar-refractivity contribution in [3.63, 3.8) is 0 Å². The summed E-state index contributed by atoms with van der Waals surface area (Å²) in [6.07, 6.45) is 8.06. The molecular formula is C18H22N2O4S. The molecule has 6 nitrogen and oxygen atoms in total. The Morgan fingerprint density at radius 2 is 1.76 bits per heavy atom. The van der Waals surface area contributed by atoms with Crippen LogP contribution >= 0.6 is 0 Å². The molecule has 0 amide bonds. The summed E-state index contributed by atoms with van der Waals surface area (Å²) in [4.78, 5) is 24.7. The molecule has 0 saturated heterocycles. The average molecular weight is 362 g/mol. The van der Waals surface area contributed by atoms with E-state index in [4.69, 9.17) is 0 Å². The van der Waals surface area contributed by atoms with Crippen molar-refractivity contribution in [1.82, 2.24) is 8.54 Å². The number of hydrogen-bond acceptors (Lipinski definition) is 4. The standard InChI is InChI=1S/C18H22N2O4S/c1-14-6-9-16(10-7-14)25(23,24)20-13-12-19(18(20)22)17(21)11-8-15-4-2-3-5-15/h6-7,9-10,12-13,15H,2-5,8,11H2,1H3. The molecule has 1 saturated carbocycles. The monoisotopic (exact) mass is 362 g/mol. The normalized spacial score (nSPS) is 15.6. The molecule has 0 aliphatic heterocycles. The molecule has 1 heterocycles. The second-order valence-electron chi connectivity index (χ2n) is 6.65. The summed E-state index contributed by atoms with van der Waals surface area (Å²) < 4.78 is 26.7. The van der Waals surface area contributed by atoms with Gasteiger partial charge in [0.15, 0.2) is 0 Å². The zero-order valence-electron chi connectivity index (χ0n) is 14.2. The molecule has 0 radical (unpaired) electrons. The molecule has 3 rings (SSSR count). The van der Waals surface area contributed by atoms with E-state index in [9.17, 15) is 18.0 Å². The van der Waals surface area contributed by atoms with Crippen molar-refractivity contribution in [2.75, 3.05) is 0 Å². The highest BCUT2D eigenvalue weighted by Gasteiger charge is 2.23. The molecule has 1 aliphatic carbocycles. The third-order valence-electron chi connectivity index (χ3n) is 4.83. The van der Waals surface area contributed by atoms with Crippen LogP contribution in [0.3, 0.4) is 0 Å². The number of imidazole rings is 1. The third kappa shape index (κ3) is 3.61. The van der Waals surface area contributed by atoms with E-state index in [1.807, 2.05) is 6.92 Å². The van der Waals surface area contributed by atoms with Crippen molar-refractivity contribution in [2.45, 2.75) is 50.3 Å². The zero-order valence-corrected chi connectivity index (χ0v) is 15.0. The fraction of sp³-hybridized carbons (Fsp3) is 0.444. The largest absolute Gasteiger partial charge is 0.349 e. The average Bonchev–Trinajstić information content (AvgIpc) is 3.22. The summed E-state index contributed by atoms with van der Waals surface area (Å²) in [6, 6.07) is 6.25. The van der Waals surface area contributed by atoms with E-state index in [0.717, 1.165) is 35.6 Å². The van der Waals surface area contributed by atoms with E-state index in [-0.39, 0.29) is 17.2 Å². The number of rotatable bonds is 5. The molecule has 1 aliphatic rings. The molecule has 0 atom stereocenters. The van der Waals surface area contributed by atoms with Crippen molar-refractivity contribution in [3.8, 4) is 0 Å². The lowest BCUT2D eigenvalue weighted by Gasteiger charge is -2.07. The minimum Gasteiger partial charge on any atom is -0.274 e. The van der Waals surface area contributed by atoms with Gasteiger partial charge in [-0.1, -0.05) is 43.4 Å². The number of benzene rings is 1. The quantitative estimate of drug-likeness (QED) is 0.819. The number of nitrogens with zero attached hydrogens (tertiary/aromatic N) is 2. The number of carbonyl (C=O) groups excluding carboxylic acids is 1. The SMILES string of the molecule is Cc1ccc(S(=O)(=O)n2ccn(C(=O)CCC3CCCC3)c2=O)cc1. The maximum Gasteiger partial charge on any atom is 0.349 e. The number of hydrogen-bond donors (Lipinski definition) is 0. The van der Waals surface area contributed by atoms with E-state index in [2.05, 4.69) is 0 Å². The van der Waals surface area contributed by atoms with Gasteiger partial charge in [0.05, 0.1) is 4.90 Å². The second-order valence-corrected chi connectivity index (χ2v) is 8.46. The number of aryl methyl sites for hydroxylation is 1. The lowest BCUT2D eigenvalue weighted by Crippen LogP contribution is -2.32. The van der Waals surface area contributed by atoms with Crippen LogP contribution in [0.15, 0.2) is 46.3 Å². The van der Waals surface area contributed by atoms with Gasteiger partial charge in [-0.15, -0.1) is 0 Å². The maximum atomic E-state index is 12.6. The molecule has 25 heavy (non-hydrogen) atoms. The first-order valence-electron chi connectivity index (χ1n) is 8.55. The topological polar surface area (TPSA) is 78.1 Å². The molecule has 1 aromatic heterocycles. The van der Waals surface area contributed by atoms with E-state index < -0.39 is 15.7 Å². The predicted molar refractivity (Wildman–Crippen MR) is 94.3 cm³/mol. The third-order valence-corrected chi connectivity index (χ3v) is 6.50. The summed E-state index contributed by atoms with van der Waals surface area (Å²) in [7, 11) is -4.00. The fourth-order valence-corrected chi connectivity index (χ4v) is 4.52. The first kappa shape index (κ1) is 17.7. The minimum atomic E-state index is -4.00. The number of carbonyl (C=O) groups is 1. The van der Waals surface area contributed by atoms with Crippen LogP contribution in [0.25, 0.3) is 0 Å². The van der Waals surface area contributed by atoms with Gasteiger partial charge in [-0.05, 0) is 31.4 Å². The Morgan fingerprint density at radius 1 is 1.12 bits per heavy atom. The maximum absolute atomic E-state index is 12.6. The Bertz CT molecular complexity index is 917. The van der Waals surface area contributed by atoms with Gasteiger partial charge in [-0.2, -0.15) is 3.97 Å². The van der Waals surface area contributed by atoms with Gasteiger partial charge in [0.2, 0.25) is 5.91 Å². The van der Waals surface area contributed by atoms with Gasteiger partial charge in [0.1, 0.15) is 0 Å². The Labute approximate surface area is 147 Å². The summed E-state index contributed by atoms with van der Waals surface area (Å²) in [5.74, 6) is 0.188. The summed E-state index contributed by atoms with van der Waals surface area (Å²) in [6.45, 7) is 1.85. The molecule has 134 valence electrons. The van der Waals surface area contributed by atoms with Crippen molar-refractivity contribution in [2.24, 2.45) is 5.92 Å². The van der Waals surface area contributed by atoms with Crippen molar-refractivity contribution in [3.05, 3.63) is 52.7 Å². The van der Waals surface area contributed by atoms with Gasteiger partial charge in [0, 0.05) is 18.8 Å². The van der Waals surface area contributed by atoms with Crippen LogP contribution < -0.4 is 5.69 Å². The van der Waals surface area contributed by atoms with E-state index in [0.29, 0.717) is 9.89 Å². The van der Waals surface area contributed by atoms with Crippen molar-refractivity contribution >= 4 is 15.9 Å². The van der Waals surface area contributed by atoms with Gasteiger partial charge in [-0.3, -0.25) is 4.79 Å². The van der Waals surface area contributed by atoms with Crippen LogP contribution in [0.5, 0.6) is 0 Å². The minimum absolute atomic E-state index is 0.0244. The lowest BCUT2D eigenvalue weighted by molar-refractivity contribution is 0.0889. The summed E-state index contributed by atoms with van der Waals surface area (Å²) in [5, 5.41) is 0. The second kappa shape index (κ2) is 7.00. The molecule has 1 fully saturated rings. The molecule has 2 aromatic rings. The van der Waals surface area contributed by atoms with Crippen LogP contribution in [0.1, 0.15) is 48.9 Å².